The van der Waals surface area contributed by atoms with Gasteiger partial charge in [0.2, 0.25) is 0 Å². The number of hydrogen-bond donors (Lipinski definition) is 2. The summed E-state index contributed by atoms with van der Waals surface area (Å²) in [5.41, 5.74) is 3.17. The molecule has 0 aliphatic carbocycles. The minimum atomic E-state index is 0.535. The minimum absolute atomic E-state index is 0.535. The van der Waals surface area contributed by atoms with Crippen molar-refractivity contribution in [3.63, 3.8) is 0 Å². The summed E-state index contributed by atoms with van der Waals surface area (Å²) in [6, 6.07) is 13.1. The van der Waals surface area contributed by atoms with E-state index in [1.807, 2.05) is 6.20 Å². The van der Waals surface area contributed by atoms with E-state index in [-0.39, 0.29) is 0 Å². The van der Waals surface area contributed by atoms with Gasteiger partial charge in [-0.05, 0) is 62.1 Å². The summed E-state index contributed by atoms with van der Waals surface area (Å²) in [5, 5.41) is 13.7. The molecule has 0 spiro atoms. The summed E-state index contributed by atoms with van der Waals surface area (Å²) in [5.74, 6) is 1.65. The summed E-state index contributed by atoms with van der Waals surface area (Å²) in [6.07, 6.45) is 5.83. The number of nitrogens with zero attached hydrogens (tertiary/aromatic N) is 3. The normalized spacial score (nSPS) is 25.8. The lowest BCUT2D eigenvalue weighted by atomic mass is 9.85. The third kappa shape index (κ3) is 2.89. The van der Waals surface area contributed by atoms with Crippen molar-refractivity contribution in [2.45, 2.75) is 25.3 Å². The zero-order valence-corrected chi connectivity index (χ0v) is 14.3. The number of benzene rings is 1. The molecule has 2 fully saturated rings. The van der Waals surface area contributed by atoms with Gasteiger partial charge in [0.15, 0.2) is 0 Å². The second-order valence-corrected chi connectivity index (χ2v) is 7.33. The number of piperidine rings is 2. The van der Waals surface area contributed by atoms with Crippen molar-refractivity contribution in [1.82, 2.24) is 20.1 Å². The van der Waals surface area contributed by atoms with E-state index in [2.05, 4.69) is 61.8 Å². The smallest absolute Gasteiger partial charge is 0.148 e. The molecule has 0 radical (unpaired) electrons. The van der Waals surface area contributed by atoms with Crippen LogP contribution in [0.3, 0.4) is 0 Å². The second-order valence-electron chi connectivity index (χ2n) is 7.33. The Hall–Kier alpha value is -2.40. The fourth-order valence-electron chi connectivity index (χ4n) is 4.34. The first-order valence-electron chi connectivity index (χ1n) is 9.25. The quantitative estimate of drug-likeness (QED) is 0.770. The van der Waals surface area contributed by atoms with Crippen molar-refractivity contribution >= 4 is 16.7 Å². The molecule has 2 N–H and O–H groups in total. The second kappa shape index (κ2) is 6.15. The minimum Gasteiger partial charge on any atom is -0.365 e. The van der Waals surface area contributed by atoms with Gasteiger partial charge in [0, 0.05) is 41.8 Å². The Labute approximate surface area is 147 Å². The van der Waals surface area contributed by atoms with E-state index in [0.717, 1.165) is 28.5 Å². The number of fused-ring (bicyclic) bond motifs is 3. The Morgan fingerprint density at radius 1 is 1.04 bits per heavy atom. The molecule has 1 unspecified atom stereocenters. The Morgan fingerprint density at radius 2 is 2.04 bits per heavy atom. The monoisotopic (exact) mass is 333 g/mol. The van der Waals surface area contributed by atoms with Crippen molar-refractivity contribution in [1.29, 1.82) is 0 Å². The van der Waals surface area contributed by atoms with Crippen molar-refractivity contribution in [2.24, 2.45) is 5.92 Å². The molecule has 2 aliphatic heterocycles. The standard InChI is InChI=1S/C20H23N5/c1-2-16-13-25(10-1)11-8-18(16)22-20-6-5-19(23-24-20)14-3-4-17-15(12-14)7-9-21-17/h3-7,9,12,16,18,21H,1-2,8,10-11,13H2,(H,22,24)/t16-,18+/m1/s1. The fourth-order valence-corrected chi connectivity index (χ4v) is 4.34. The van der Waals surface area contributed by atoms with E-state index in [9.17, 15) is 0 Å². The third-order valence-electron chi connectivity index (χ3n) is 5.71. The Morgan fingerprint density at radius 3 is 2.96 bits per heavy atom. The first kappa shape index (κ1) is 14.9. The average Bonchev–Trinajstić information content (AvgIpc) is 3.13. The molecule has 2 saturated heterocycles. The van der Waals surface area contributed by atoms with Crippen LogP contribution < -0.4 is 5.32 Å². The van der Waals surface area contributed by atoms with Gasteiger partial charge in [-0.3, -0.25) is 0 Å². The van der Waals surface area contributed by atoms with Crippen molar-refractivity contribution in [3.8, 4) is 11.3 Å². The van der Waals surface area contributed by atoms with Crippen molar-refractivity contribution in [3.05, 3.63) is 42.6 Å². The third-order valence-corrected chi connectivity index (χ3v) is 5.71. The van der Waals surface area contributed by atoms with Crippen LogP contribution in [-0.4, -0.2) is 45.8 Å². The highest BCUT2D eigenvalue weighted by molar-refractivity contribution is 5.84. The van der Waals surface area contributed by atoms with E-state index < -0.39 is 0 Å². The van der Waals surface area contributed by atoms with E-state index in [0.29, 0.717) is 6.04 Å². The molecule has 2 aliphatic rings. The predicted octanol–water partition coefficient (Wildman–Crippen LogP) is 3.52. The summed E-state index contributed by atoms with van der Waals surface area (Å²) < 4.78 is 0. The van der Waals surface area contributed by atoms with Crippen molar-refractivity contribution < 1.29 is 0 Å². The van der Waals surface area contributed by atoms with E-state index in [1.54, 1.807) is 0 Å². The van der Waals surface area contributed by atoms with Crippen LogP contribution in [0.5, 0.6) is 0 Å². The summed E-state index contributed by atoms with van der Waals surface area (Å²) in [6.45, 7) is 3.72. The number of rotatable bonds is 3. The van der Waals surface area contributed by atoms with Gasteiger partial charge in [-0.1, -0.05) is 6.07 Å². The SMILES string of the molecule is c1cc2cc(-c3ccc(N[C@H]4CCN5CCC[C@@H]4C5)nn3)ccc2[nH]1. The number of hydrogen-bond acceptors (Lipinski definition) is 4. The molecule has 2 bridgehead atoms. The summed E-state index contributed by atoms with van der Waals surface area (Å²) in [4.78, 5) is 5.82. The molecule has 25 heavy (non-hydrogen) atoms. The number of aromatic amines is 1. The molecule has 0 amide bonds. The number of aromatic nitrogens is 3. The van der Waals surface area contributed by atoms with Gasteiger partial charge < -0.3 is 15.2 Å². The maximum absolute atomic E-state index is 4.45. The van der Waals surface area contributed by atoms with Gasteiger partial charge in [-0.25, -0.2) is 0 Å². The highest BCUT2D eigenvalue weighted by atomic mass is 15.2. The van der Waals surface area contributed by atoms with Gasteiger partial charge in [0.1, 0.15) is 5.82 Å². The maximum atomic E-state index is 4.45. The number of H-pyrrole nitrogens is 1. The highest BCUT2D eigenvalue weighted by Crippen LogP contribution is 2.29. The number of anilines is 1. The summed E-state index contributed by atoms with van der Waals surface area (Å²) in [7, 11) is 0. The van der Waals surface area contributed by atoms with Gasteiger partial charge in [0.05, 0.1) is 5.69 Å². The zero-order chi connectivity index (χ0) is 16.6. The first-order chi connectivity index (χ1) is 12.3. The number of nitrogens with one attached hydrogen (secondary N) is 2. The van der Waals surface area contributed by atoms with Gasteiger partial charge >= 0.3 is 0 Å². The molecule has 5 nitrogen and oxygen atoms in total. The lowest BCUT2D eigenvalue weighted by Gasteiger charge is -2.42. The molecule has 128 valence electrons. The molecular weight excluding hydrogens is 310 g/mol. The Balaban J connectivity index is 1.32. The van der Waals surface area contributed by atoms with Crippen molar-refractivity contribution in [2.75, 3.05) is 25.0 Å². The van der Waals surface area contributed by atoms with E-state index >= 15 is 0 Å². The topological polar surface area (TPSA) is 56.8 Å². The van der Waals surface area contributed by atoms with Crippen LogP contribution in [0.15, 0.2) is 42.6 Å². The molecule has 2 aromatic heterocycles. The molecule has 0 saturated carbocycles. The van der Waals surface area contributed by atoms with Crippen LogP contribution in [0.25, 0.3) is 22.2 Å². The molecular formula is C20H23N5. The molecule has 5 rings (SSSR count). The molecule has 3 atom stereocenters. The average molecular weight is 333 g/mol. The lowest BCUT2D eigenvalue weighted by Crippen LogP contribution is -2.49. The van der Waals surface area contributed by atoms with Crippen LogP contribution in [0, 0.1) is 5.92 Å². The maximum Gasteiger partial charge on any atom is 0.148 e. The lowest BCUT2D eigenvalue weighted by molar-refractivity contribution is 0.113. The summed E-state index contributed by atoms with van der Waals surface area (Å²) >= 11 is 0. The zero-order valence-electron chi connectivity index (χ0n) is 14.3. The Bertz CT molecular complexity index is 869. The van der Waals surface area contributed by atoms with Gasteiger partial charge in [0.25, 0.3) is 0 Å². The molecule has 5 heteroatoms. The van der Waals surface area contributed by atoms with Crippen LogP contribution in [0.1, 0.15) is 19.3 Å². The highest BCUT2D eigenvalue weighted by Gasteiger charge is 2.32. The predicted molar refractivity (Wildman–Crippen MR) is 101 cm³/mol. The Kier molecular flexibility index (Phi) is 3.67. The first-order valence-corrected chi connectivity index (χ1v) is 9.25. The van der Waals surface area contributed by atoms with Gasteiger partial charge in [-0.15, -0.1) is 10.2 Å². The molecule has 1 aromatic carbocycles. The van der Waals surface area contributed by atoms with E-state index in [4.69, 9.17) is 0 Å². The van der Waals surface area contributed by atoms with Crippen LogP contribution in [-0.2, 0) is 0 Å². The molecule has 4 heterocycles. The van der Waals surface area contributed by atoms with E-state index in [1.165, 1.54) is 44.3 Å². The van der Waals surface area contributed by atoms with Crippen LogP contribution in [0.2, 0.25) is 0 Å². The largest absolute Gasteiger partial charge is 0.365 e. The molecule has 3 aromatic rings. The fraction of sp³-hybridized carbons (Fsp3) is 0.400. The van der Waals surface area contributed by atoms with Crippen LogP contribution in [0.4, 0.5) is 5.82 Å². The van der Waals surface area contributed by atoms with Gasteiger partial charge in [-0.2, -0.15) is 0 Å². The van der Waals surface area contributed by atoms with Crippen LogP contribution >= 0.6 is 0 Å².